The summed E-state index contributed by atoms with van der Waals surface area (Å²) in [5.41, 5.74) is 0.295. The highest BCUT2D eigenvalue weighted by atomic mass is 35.5. The van der Waals surface area contributed by atoms with Crippen LogP contribution >= 0.6 is 46.4 Å². The lowest BCUT2D eigenvalue weighted by Crippen LogP contribution is -2.13. The van der Waals surface area contributed by atoms with Gasteiger partial charge in [0.25, 0.3) is 5.24 Å². The van der Waals surface area contributed by atoms with E-state index in [-0.39, 0.29) is 21.3 Å². The summed E-state index contributed by atoms with van der Waals surface area (Å²) in [6.45, 7) is 5.64. The zero-order valence-electron chi connectivity index (χ0n) is 11.4. The predicted octanol–water partition coefficient (Wildman–Crippen LogP) is 5.98. The van der Waals surface area contributed by atoms with Crippen molar-refractivity contribution < 1.29 is 9.32 Å². The average Bonchev–Trinajstić information content (AvgIpc) is 2.71. The summed E-state index contributed by atoms with van der Waals surface area (Å²) in [5.74, 6) is 0.375. The fourth-order valence-corrected chi connectivity index (χ4v) is 3.09. The van der Waals surface area contributed by atoms with Crippen LogP contribution in [-0.4, -0.2) is 10.4 Å². The molecule has 0 unspecified atom stereocenters. The van der Waals surface area contributed by atoms with Crippen LogP contribution in [-0.2, 0) is 5.41 Å². The zero-order valence-corrected chi connectivity index (χ0v) is 14.5. The largest absolute Gasteiger partial charge is 0.359 e. The molecule has 0 N–H and O–H groups in total. The smallest absolute Gasteiger partial charge is 0.258 e. The van der Waals surface area contributed by atoms with E-state index in [1.807, 2.05) is 20.8 Å². The molecule has 21 heavy (non-hydrogen) atoms. The van der Waals surface area contributed by atoms with E-state index >= 15 is 0 Å². The van der Waals surface area contributed by atoms with Gasteiger partial charge in [0.05, 0.1) is 10.0 Å². The number of aromatic nitrogens is 1. The van der Waals surface area contributed by atoms with Gasteiger partial charge in [0, 0.05) is 16.0 Å². The molecule has 3 nitrogen and oxygen atoms in total. The molecule has 0 amide bonds. The minimum absolute atomic E-state index is 0.162. The molecule has 0 radical (unpaired) electrons. The zero-order chi connectivity index (χ0) is 15.9. The quantitative estimate of drug-likeness (QED) is 0.614. The first-order valence-corrected chi connectivity index (χ1v) is 7.49. The van der Waals surface area contributed by atoms with Crippen molar-refractivity contribution in [2.45, 2.75) is 26.2 Å². The van der Waals surface area contributed by atoms with Gasteiger partial charge in [0.15, 0.2) is 5.76 Å². The van der Waals surface area contributed by atoms with E-state index in [0.29, 0.717) is 16.3 Å². The third-order valence-electron chi connectivity index (χ3n) is 2.81. The summed E-state index contributed by atoms with van der Waals surface area (Å²) in [5, 5.41) is 4.16. The standard InChI is InChI=1S/C14H11Cl4NO2/c1-14(2,3)12-10(13(18)20)11(19-21-12)9-7(16)4-6(15)5-8(9)17/h4-5H,1-3H3. The second kappa shape index (κ2) is 5.81. The van der Waals surface area contributed by atoms with Crippen LogP contribution in [0.5, 0.6) is 0 Å². The molecule has 1 heterocycles. The molecule has 1 aromatic heterocycles. The van der Waals surface area contributed by atoms with Crippen molar-refractivity contribution in [3.05, 3.63) is 38.5 Å². The molecule has 0 fully saturated rings. The number of nitrogens with zero attached hydrogens (tertiary/aromatic N) is 1. The fraction of sp³-hybridized carbons (Fsp3) is 0.286. The highest BCUT2D eigenvalue weighted by Crippen LogP contribution is 2.41. The lowest BCUT2D eigenvalue weighted by molar-refractivity contribution is 0.107. The van der Waals surface area contributed by atoms with Crippen LogP contribution in [0.15, 0.2) is 16.7 Å². The molecule has 0 aliphatic carbocycles. The summed E-state index contributed by atoms with van der Waals surface area (Å²) < 4.78 is 5.31. The van der Waals surface area contributed by atoms with Crippen molar-refractivity contribution in [2.75, 3.05) is 0 Å². The van der Waals surface area contributed by atoms with Gasteiger partial charge in [0.2, 0.25) is 0 Å². The molecular formula is C14H11Cl4NO2. The third kappa shape index (κ3) is 3.21. The van der Waals surface area contributed by atoms with E-state index < -0.39 is 10.7 Å². The molecule has 7 heteroatoms. The van der Waals surface area contributed by atoms with Crippen LogP contribution in [0.25, 0.3) is 11.3 Å². The Morgan fingerprint density at radius 3 is 2.10 bits per heavy atom. The van der Waals surface area contributed by atoms with Crippen molar-refractivity contribution in [2.24, 2.45) is 0 Å². The van der Waals surface area contributed by atoms with E-state index in [0.717, 1.165) is 0 Å². The summed E-state index contributed by atoms with van der Waals surface area (Å²) in [6.07, 6.45) is 0. The molecule has 0 spiro atoms. The van der Waals surface area contributed by atoms with Crippen molar-refractivity contribution in [1.82, 2.24) is 5.16 Å². The highest BCUT2D eigenvalue weighted by molar-refractivity contribution is 6.68. The van der Waals surface area contributed by atoms with Gasteiger partial charge in [0.1, 0.15) is 11.3 Å². The molecule has 0 saturated carbocycles. The van der Waals surface area contributed by atoms with Gasteiger partial charge >= 0.3 is 0 Å². The molecular weight excluding hydrogens is 356 g/mol. The molecule has 0 bridgehead atoms. The van der Waals surface area contributed by atoms with Crippen LogP contribution in [0, 0.1) is 0 Å². The normalized spacial score (nSPS) is 11.8. The first kappa shape index (κ1) is 16.6. The lowest BCUT2D eigenvalue weighted by atomic mass is 9.89. The second-order valence-corrected chi connectivity index (χ2v) is 7.10. The number of hydrogen-bond acceptors (Lipinski definition) is 3. The van der Waals surface area contributed by atoms with Crippen molar-refractivity contribution in [1.29, 1.82) is 0 Å². The van der Waals surface area contributed by atoms with E-state index in [4.69, 9.17) is 50.9 Å². The monoisotopic (exact) mass is 365 g/mol. The third-order valence-corrected chi connectivity index (χ3v) is 3.82. The number of halogens is 4. The van der Waals surface area contributed by atoms with Crippen molar-refractivity contribution >= 4 is 51.6 Å². The number of benzene rings is 1. The Morgan fingerprint density at radius 2 is 1.67 bits per heavy atom. The Balaban J connectivity index is 2.78. The first-order valence-electron chi connectivity index (χ1n) is 5.98. The molecule has 0 aliphatic rings. The summed E-state index contributed by atoms with van der Waals surface area (Å²) in [4.78, 5) is 11.8. The van der Waals surface area contributed by atoms with Gasteiger partial charge < -0.3 is 4.52 Å². The number of hydrogen-bond donors (Lipinski definition) is 0. The Kier molecular flexibility index (Phi) is 4.60. The van der Waals surface area contributed by atoms with Crippen LogP contribution in [0.4, 0.5) is 0 Å². The molecule has 112 valence electrons. The van der Waals surface area contributed by atoms with Crippen LogP contribution in [0.1, 0.15) is 36.9 Å². The SMILES string of the molecule is CC(C)(C)c1onc(-c2c(Cl)cc(Cl)cc2Cl)c1C(=O)Cl. The van der Waals surface area contributed by atoms with E-state index in [2.05, 4.69) is 5.16 Å². The van der Waals surface area contributed by atoms with E-state index in [9.17, 15) is 4.79 Å². The van der Waals surface area contributed by atoms with E-state index in [1.54, 1.807) is 0 Å². The number of rotatable bonds is 2. The number of carbonyl (C=O) groups excluding carboxylic acids is 1. The van der Waals surface area contributed by atoms with Crippen molar-refractivity contribution in [3.8, 4) is 11.3 Å². The predicted molar refractivity (Wildman–Crippen MR) is 85.9 cm³/mol. The van der Waals surface area contributed by atoms with Gasteiger partial charge in [-0.25, -0.2) is 0 Å². The molecule has 0 atom stereocenters. The fourth-order valence-electron chi connectivity index (χ4n) is 1.92. The summed E-state index contributed by atoms with van der Waals surface area (Å²) in [6, 6.07) is 3.02. The van der Waals surface area contributed by atoms with Crippen molar-refractivity contribution in [3.63, 3.8) is 0 Å². The maximum atomic E-state index is 11.8. The maximum Gasteiger partial charge on any atom is 0.258 e. The van der Waals surface area contributed by atoms with Gasteiger partial charge in [-0.05, 0) is 23.7 Å². The molecule has 2 aromatic rings. The highest BCUT2D eigenvalue weighted by Gasteiger charge is 2.32. The van der Waals surface area contributed by atoms with Gasteiger partial charge in [-0.15, -0.1) is 0 Å². The summed E-state index contributed by atoms with van der Waals surface area (Å²) >= 11 is 23.9. The van der Waals surface area contributed by atoms with Gasteiger partial charge in [-0.2, -0.15) is 0 Å². The molecule has 2 rings (SSSR count). The summed E-state index contributed by atoms with van der Waals surface area (Å²) in [7, 11) is 0. The van der Waals surface area contributed by atoms with Gasteiger partial charge in [-0.1, -0.05) is 60.7 Å². The second-order valence-electron chi connectivity index (χ2n) is 5.50. The Hall–Kier alpha value is -0.740. The number of carbonyl (C=O) groups is 1. The average molecular weight is 367 g/mol. The lowest BCUT2D eigenvalue weighted by Gasteiger charge is -2.15. The first-order chi connectivity index (χ1) is 9.62. The van der Waals surface area contributed by atoms with Crippen LogP contribution in [0.2, 0.25) is 15.1 Å². The maximum absolute atomic E-state index is 11.8. The van der Waals surface area contributed by atoms with E-state index in [1.165, 1.54) is 12.1 Å². The minimum atomic E-state index is -0.682. The molecule has 1 aromatic carbocycles. The Morgan fingerprint density at radius 1 is 1.14 bits per heavy atom. The van der Waals surface area contributed by atoms with Gasteiger partial charge in [-0.3, -0.25) is 4.79 Å². The Labute approximate surface area is 142 Å². The Bertz CT molecular complexity index is 693. The van der Waals surface area contributed by atoms with Crippen LogP contribution in [0.3, 0.4) is 0 Å². The van der Waals surface area contributed by atoms with Crippen LogP contribution < -0.4 is 0 Å². The minimum Gasteiger partial charge on any atom is -0.359 e. The molecule has 0 saturated heterocycles. The molecule has 0 aliphatic heterocycles. The topological polar surface area (TPSA) is 43.1 Å².